The fraction of sp³-hybridized carbons (Fsp3) is 0.833. The molecule has 0 rings (SSSR count). The lowest BCUT2D eigenvalue weighted by atomic mass is 10.0. The van der Waals surface area contributed by atoms with Crippen molar-refractivity contribution >= 4 is 11.9 Å². The minimum absolute atomic E-state index is 0.401. The summed E-state index contributed by atoms with van der Waals surface area (Å²) in [6.45, 7) is 13.7. The van der Waals surface area contributed by atoms with Crippen LogP contribution in [0.15, 0.2) is 12.2 Å². The van der Waals surface area contributed by atoms with Crippen LogP contribution in [0.1, 0.15) is 106 Å². The smallest absolute Gasteiger partial charge is 0.331 e. The Morgan fingerprint density at radius 3 is 1.25 bits per heavy atom. The van der Waals surface area contributed by atoms with Crippen molar-refractivity contribution in [2.24, 2.45) is 11.8 Å². The van der Waals surface area contributed by atoms with Crippen LogP contribution in [-0.2, 0) is 19.1 Å². The third kappa shape index (κ3) is 19.4. The number of carbonyl (C=O) groups is 2. The minimum Gasteiger partial charge on any atom is -0.462 e. The normalized spacial score (nSPS) is 12.8. The lowest BCUT2D eigenvalue weighted by Crippen LogP contribution is -2.14. The average molecular weight is 399 g/mol. The molecule has 0 aromatic rings. The molecule has 0 aromatic carbocycles. The van der Waals surface area contributed by atoms with E-state index >= 15 is 0 Å². The Hall–Kier alpha value is -1.32. The first kappa shape index (κ1) is 28.9. The summed E-state index contributed by atoms with van der Waals surface area (Å²) in [5.41, 5.74) is 0. The van der Waals surface area contributed by atoms with Gasteiger partial charge in [-0.25, -0.2) is 9.59 Å². The van der Waals surface area contributed by atoms with E-state index in [0.29, 0.717) is 25.0 Å². The predicted molar refractivity (Wildman–Crippen MR) is 118 cm³/mol. The maximum Gasteiger partial charge on any atom is 0.331 e. The fourth-order valence-corrected chi connectivity index (χ4v) is 2.43. The van der Waals surface area contributed by atoms with Gasteiger partial charge in [-0.3, -0.25) is 0 Å². The Bertz CT molecular complexity index is 354. The molecule has 0 saturated carbocycles. The molecule has 0 N–H and O–H groups in total. The van der Waals surface area contributed by atoms with Crippen molar-refractivity contribution < 1.29 is 19.1 Å². The van der Waals surface area contributed by atoms with Crippen molar-refractivity contribution in [2.45, 2.75) is 106 Å². The largest absolute Gasteiger partial charge is 0.462 e. The van der Waals surface area contributed by atoms with Gasteiger partial charge < -0.3 is 9.47 Å². The second-order valence-electron chi connectivity index (χ2n) is 7.43. The third-order valence-electron chi connectivity index (χ3n) is 4.86. The Morgan fingerprint density at radius 2 is 1.00 bits per heavy atom. The molecule has 0 aromatic heterocycles. The highest BCUT2D eigenvalue weighted by molar-refractivity contribution is 5.91. The molecule has 0 amide bonds. The van der Waals surface area contributed by atoms with Crippen LogP contribution in [-0.4, -0.2) is 25.2 Å². The highest BCUT2D eigenvalue weighted by Gasteiger charge is 2.10. The molecule has 4 heteroatoms. The van der Waals surface area contributed by atoms with E-state index in [1.54, 1.807) is 0 Å². The lowest BCUT2D eigenvalue weighted by molar-refractivity contribution is -0.142. The highest BCUT2D eigenvalue weighted by atomic mass is 16.5. The lowest BCUT2D eigenvalue weighted by Gasteiger charge is -2.14. The highest BCUT2D eigenvalue weighted by Crippen LogP contribution is 2.14. The van der Waals surface area contributed by atoms with Gasteiger partial charge >= 0.3 is 11.9 Å². The maximum absolute atomic E-state index is 11.7. The average Bonchev–Trinajstić information content (AvgIpc) is 2.72. The van der Waals surface area contributed by atoms with Crippen LogP contribution in [0.25, 0.3) is 0 Å². The second-order valence-corrected chi connectivity index (χ2v) is 7.43. The monoisotopic (exact) mass is 398 g/mol. The summed E-state index contributed by atoms with van der Waals surface area (Å²) < 4.78 is 10.4. The van der Waals surface area contributed by atoms with E-state index in [9.17, 15) is 9.59 Å². The first-order valence-electron chi connectivity index (χ1n) is 11.5. The quantitative estimate of drug-likeness (QED) is 0.223. The molecule has 0 spiro atoms. The summed E-state index contributed by atoms with van der Waals surface area (Å²) in [5, 5.41) is 0. The molecule has 28 heavy (non-hydrogen) atoms. The Morgan fingerprint density at radius 1 is 0.643 bits per heavy atom. The van der Waals surface area contributed by atoms with Gasteiger partial charge in [0.2, 0.25) is 0 Å². The zero-order chi connectivity index (χ0) is 21.6. The van der Waals surface area contributed by atoms with Gasteiger partial charge in [0.1, 0.15) is 0 Å². The van der Waals surface area contributed by atoms with Crippen molar-refractivity contribution in [3.8, 4) is 0 Å². The number of hydrogen-bond donors (Lipinski definition) is 0. The van der Waals surface area contributed by atoms with E-state index in [-0.39, 0.29) is 0 Å². The van der Waals surface area contributed by atoms with Crippen LogP contribution in [0.4, 0.5) is 0 Å². The number of ether oxygens (including phenoxy) is 2. The SMILES string of the molecule is CCCC.CCCCC(CC)COC(=O)/C=C/C(=O)OCC(CC)CCCC. The summed E-state index contributed by atoms with van der Waals surface area (Å²) in [7, 11) is 0. The number of carbonyl (C=O) groups excluding carboxylic acids is 2. The number of rotatable bonds is 15. The molecule has 0 fully saturated rings. The molecule has 0 aliphatic rings. The van der Waals surface area contributed by atoms with E-state index < -0.39 is 11.9 Å². The molecule has 0 aliphatic heterocycles. The first-order valence-corrected chi connectivity index (χ1v) is 11.5. The summed E-state index contributed by atoms with van der Waals surface area (Å²) in [4.78, 5) is 23.3. The topological polar surface area (TPSA) is 52.6 Å². The van der Waals surface area contributed by atoms with Crippen LogP contribution in [0.2, 0.25) is 0 Å². The van der Waals surface area contributed by atoms with Crippen molar-refractivity contribution in [1.29, 1.82) is 0 Å². The Kier molecular flexibility index (Phi) is 22.7. The van der Waals surface area contributed by atoms with Gasteiger partial charge in [-0.2, -0.15) is 0 Å². The fourth-order valence-electron chi connectivity index (χ4n) is 2.43. The van der Waals surface area contributed by atoms with E-state index in [0.717, 1.165) is 51.4 Å². The van der Waals surface area contributed by atoms with Gasteiger partial charge in [-0.1, -0.05) is 92.9 Å². The summed E-state index contributed by atoms with van der Waals surface area (Å²) >= 11 is 0. The molecular formula is C24H46O4. The first-order chi connectivity index (χ1) is 13.5. The number of hydrogen-bond acceptors (Lipinski definition) is 4. The summed E-state index contributed by atoms with van der Waals surface area (Å²) in [6.07, 6.45) is 13.7. The van der Waals surface area contributed by atoms with E-state index in [1.165, 1.54) is 25.0 Å². The molecule has 166 valence electrons. The molecule has 2 atom stereocenters. The third-order valence-corrected chi connectivity index (χ3v) is 4.86. The van der Waals surface area contributed by atoms with E-state index in [1.807, 2.05) is 0 Å². The molecule has 4 nitrogen and oxygen atoms in total. The molecule has 0 saturated heterocycles. The van der Waals surface area contributed by atoms with Gasteiger partial charge in [-0.15, -0.1) is 0 Å². The van der Waals surface area contributed by atoms with Crippen molar-refractivity contribution in [3.63, 3.8) is 0 Å². The predicted octanol–water partition coefficient (Wildman–Crippen LogP) is 6.87. The zero-order valence-electron chi connectivity index (χ0n) is 19.4. The number of esters is 2. The molecular weight excluding hydrogens is 352 g/mol. The van der Waals surface area contributed by atoms with Gasteiger partial charge in [-0.05, 0) is 24.7 Å². The maximum atomic E-state index is 11.7. The van der Waals surface area contributed by atoms with Crippen molar-refractivity contribution in [2.75, 3.05) is 13.2 Å². The minimum atomic E-state index is -0.472. The van der Waals surface area contributed by atoms with Gasteiger partial charge in [0.05, 0.1) is 13.2 Å². The van der Waals surface area contributed by atoms with Gasteiger partial charge in [0.25, 0.3) is 0 Å². The van der Waals surface area contributed by atoms with Crippen LogP contribution < -0.4 is 0 Å². The van der Waals surface area contributed by atoms with Crippen LogP contribution in [0.5, 0.6) is 0 Å². The van der Waals surface area contributed by atoms with Gasteiger partial charge in [0.15, 0.2) is 0 Å². The van der Waals surface area contributed by atoms with Crippen molar-refractivity contribution in [3.05, 3.63) is 12.2 Å². The molecule has 0 radical (unpaired) electrons. The Balaban J connectivity index is 0. The molecule has 0 aliphatic carbocycles. The van der Waals surface area contributed by atoms with Crippen LogP contribution in [0, 0.1) is 11.8 Å². The number of unbranched alkanes of at least 4 members (excludes halogenated alkanes) is 3. The molecule has 0 bridgehead atoms. The van der Waals surface area contributed by atoms with Gasteiger partial charge in [0, 0.05) is 12.2 Å². The second kappa shape index (κ2) is 22.0. The zero-order valence-corrected chi connectivity index (χ0v) is 19.4. The Labute approximate surface area is 174 Å². The van der Waals surface area contributed by atoms with Crippen molar-refractivity contribution in [1.82, 2.24) is 0 Å². The summed E-state index contributed by atoms with van der Waals surface area (Å²) in [6, 6.07) is 0. The van der Waals surface area contributed by atoms with E-state index in [2.05, 4.69) is 41.5 Å². The summed E-state index contributed by atoms with van der Waals surface area (Å²) in [5.74, 6) is -0.142. The van der Waals surface area contributed by atoms with Crippen LogP contribution >= 0.6 is 0 Å². The van der Waals surface area contributed by atoms with E-state index in [4.69, 9.17) is 9.47 Å². The van der Waals surface area contributed by atoms with Crippen LogP contribution in [0.3, 0.4) is 0 Å². The molecule has 2 unspecified atom stereocenters. The standard InChI is InChI=1S/C20H36O4.C4H10/c1-5-9-11-17(7-3)15-23-19(21)13-14-20(22)24-16-18(8-4)12-10-6-2;1-3-4-2/h13-14,17-18H,5-12,15-16H2,1-4H3;3-4H2,1-2H3/b14-13+;. The molecule has 0 heterocycles.